The molecule has 2 amide bonds. The van der Waals surface area contributed by atoms with Crippen LogP contribution in [0.1, 0.15) is 0 Å². The summed E-state index contributed by atoms with van der Waals surface area (Å²) >= 11 is -0.164. The Hall–Kier alpha value is -1.41. The van der Waals surface area contributed by atoms with Crippen LogP contribution >= 0.6 is 11.8 Å². The van der Waals surface area contributed by atoms with Crippen molar-refractivity contribution in [1.82, 2.24) is 10.2 Å². The van der Waals surface area contributed by atoms with E-state index < -0.39 is 5.51 Å². The highest BCUT2D eigenvalue weighted by Crippen LogP contribution is 2.38. The SMILES string of the molecule is O=C1N(c2cccc(SC(F)(F)F)c2)CC2CNCCN12. The molecule has 2 aliphatic heterocycles. The van der Waals surface area contributed by atoms with Gasteiger partial charge in [0.15, 0.2) is 0 Å². The van der Waals surface area contributed by atoms with Gasteiger partial charge in [-0.1, -0.05) is 6.07 Å². The summed E-state index contributed by atoms with van der Waals surface area (Å²) < 4.78 is 37.3. The lowest BCUT2D eigenvalue weighted by atomic mass is 10.2. The van der Waals surface area contributed by atoms with E-state index in [0.29, 0.717) is 18.8 Å². The van der Waals surface area contributed by atoms with Crippen molar-refractivity contribution in [2.24, 2.45) is 0 Å². The molecule has 1 unspecified atom stereocenters. The van der Waals surface area contributed by atoms with E-state index in [4.69, 9.17) is 0 Å². The van der Waals surface area contributed by atoms with Crippen LogP contribution in [-0.2, 0) is 0 Å². The number of hydrogen-bond acceptors (Lipinski definition) is 3. The number of fused-ring (bicyclic) bond motifs is 1. The van der Waals surface area contributed by atoms with E-state index in [0.717, 1.165) is 13.1 Å². The van der Waals surface area contributed by atoms with Crippen molar-refractivity contribution >= 4 is 23.5 Å². The third kappa shape index (κ3) is 3.11. The fourth-order valence-electron chi connectivity index (χ4n) is 2.68. The zero-order chi connectivity index (χ0) is 15.0. The first-order valence-corrected chi connectivity index (χ1v) is 7.40. The predicted octanol–water partition coefficient (Wildman–Crippen LogP) is 2.51. The van der Waals surface area contributed by atoms with Crippen LogP contribution in [0.15, 0.2) is 29.2 Å². The average Bonchev–Trinajstić information content (AvgIpc) is 2.75. The van der Waals surface area contributed by atoms with Crippen LogP contribution in [0.25, 0.3) is 0 Å². The first-order valence-electron chi connectivity index (χ1n) is 6.59. The molecule has 114 valence electrons. The lowest BCUT2D eigenvalue weighted by Gasteiger charge is -2.28. The van der Waals surface area contributed by atoms with Crippen LogP contribution in [0.5, 0.6) is 0 Å². The quantitative estimate of drug-likeness (QED) is 0.852. The van der Waals surface area contributed by atoms with Crippen LogP contribution in [-0.4, -0.2) is 48.7 Å². The Balaban J connectivity index is 1.81. The van der Waals surface area contributed by atoms with Crippen LogP contribution in [0, 0.1) is 0 Å². The molecule has 1 aromatic rings. The fourth-order valence-corrected chi connectivity index (χ4v) is 3.28. The van der Waals surface area contributed by atoms with Gasteiger partial charge in [0.2, 0.25) is 0 Å². The molecule has 0 saturated carbocycles. The molecule has 0 aromatic heterocycles. The molecule has 1 aromatic carbocycles. The summed E-state index contributed by atoms with van der Waals surface area (Å²) in [6.07, 6.45) is 0. The van der Waals surface area contributed by atoms with E-state index in [1.807, 2.05) is 0 Å². The van der Waals surface area contributed by atoms with Crippen LogP contribution < -0.4 is 10.2 Å². The zero-order valence-corrected chi connectivity index (χ0v) is 11.9. The largest absolute Gasteiger partial charge is 0.446 e. The number of piperazine rings is 1. The van der Waals surface area contributed by atoms with Gasteiger partial charge >= 0.3 is 11.5 Å². The highest BCUT2D eigenvalue weighted by atomic mass is 32.2. The number of halogens is 3. The summed E-state index contributed by atoms with van der Waals surface area (Å²) in [5.41, 5.74) is -3.81. The highest BCUT2D eigenvalue weighted by molar-refractivity contribution is 8.00. The molecule has 0 bridgehead atoms. The number of anilines is 1. The minimum absolute atomic E-state index is 0.0881. The molecule has 3 rings (SSSR count). The van der Waals surface area contributed by atoms with Crippen molar-refractivity contribution < 1.29 is 18.0 Å². The molecular weight excluding hydrogens is 303 g/mol. The van der Waals surface area contributed by atoms with Gasteiger partial charge in [0.25, 0.3) is 0 Å². The van der Waals surface area contributed by atoms with E-state index in [1.54, 1.807) is 21.9 Å². The Morgan fingerprint density at radius 1 is 1.33 bits per heavy atom. The van der Waals surface area contributed by atoms with Crippen molar-refractivity contribution in [3.05, 3.63) is 24.3 Å². The summed E-state index contributed by atoms with van der Waals surface area (Å²) in [5.74, 6) is 0. The number of benzene rings is 1. The van der Waals surface area contributed by atoms with Crippen molar-refractivity contribution in [2.45, 2.75) is 16.4 Å². The fraction of sp³-hybridized carbons (Fsp3) is 0.462. The van der Waals surface area contributed by atoms with Crippen LogP contribution in [0.3, 0.4) is 0 Å². The van der Waals surface area contributed by atoms with E-state index in [-0.39, 0.29) is 28.7 Å². The van der Waals surface area contributed by atoms with Gasteiger partial charge < -0.3 is 10.2 Å². The number of carbonyl (C=O) groups excluding carboxylic acids is 1. The summed E-state index contributed by atoms with van der Waals surface area (Å²) in [6.45, 7) is 2.61. The topological polar surface area (TPSA) is 35.6 Å². The molecule has 2 heterocycles. The molecule has 0 radical (unpaired) electrons. The molecule has 2 saturated heterocycles. The minimum Gasteiger partial charge on any atom is -0.317 e. The molecule has 4 nitrogen and oxygen atoms in total. The maximum Gasteiger partial charge on any atom is 0.446 e. The molecule has 8 heteroatoms. The summed E-state index contributed by atoms with van der Waals surface area (Å²) in [5, 5.41) is 3.22. The van der Waals surface area contributed by atoms with Gasteiger partial charge in [-0.05, 0) is 30.0 Å². The van der Waals surface area contributed by atoms with Crippen LogP contribution in [0.2, 0.25) is 0 Å². The third-order valence-corrected chi connectivity index (χ3v) is 4.30. The monoisotopic (exact) mass is 317 g/mol. The number of rotatable bonds is 2. The van der Waals surface area contributed by atoms with Gasteiger partial charge in [-0.2, -0.15) is 13.2 Å². The van der Waals surface area contributed by atoms with Gasteiger partial charge in [-0.3, -0.25) is 4.90 Å². The molecule has 1 atom stereocenters. The average molecular weight is 317 g/mol. The number of hydrogen-bond donors (Lipinski definition) is 1. The Morgan fingerprint density at radius 2 is 2.14 bits per heavy atom. The predicted molar refractivity (Wildman–Crippen MR) is 74.5 cm³/mol. The Bertz CT molecular complexity index is 552. The maximum absolute atomic E-state index is 12.4. The molecule has 0 spiro atoms. The second kappa shape index (κ2) is 5.42. The van der Waals surface area contributed by atoms with Crippen molar-refractivity contribution in [2.75, 3.05) is 31.1 Å². The van der Waals surface area contributed by atoms with Crippen molar-refractivity contribution in [1.29, 1.82) is 0 Å². The third-order valence-electron chi connectivity index (χ3n) is 3.58. The second-order valence-corrected chi connectivity index (χ2v) is 6.13. The van der Waals surface area contributed by atoms with E-state index >= 15 is 0 Å². The van der Waals surface area contributed by atoms with E-state index in [2.05, 4.69) is 5.32 Å². The molecular formula is C13H14F3N3OS. The smallest absolute Gasteiger partial charge is 0.317 e. The molecule has 1 N–H and O–H groups in total. The lowest BCUT2D eigenvalue weighted by molar-refractivity contribution is -0.0328. The second-order valence-electron chi connectivity index (χ2n) is 4.99. The first-order chi connectivity index (χ1) is 9.94. The molecule has 21 heavy (non-hydrogen) atoms. The number of carbonyl (C=O) groups is 1. The maximum atomic E-state index is 12.4. The van der Waals surface area contributed by atoms with E-state index in [1.165, 1.54) is 12.1 Å². The number of alkyl halides is 3. The zero-order valence-electron chi connectivity index (χ0n) is 11.1. The molecule has 2 fully saturated rings. The number of amides is 2. The van der Waals surface area contributed by atoms with Crippen molar-refractivity contribution in [3.8, 4) is 0 Å². The first kappa shape index (κ1) is 14.5. The van der Waals surface area contributed by atoms with Gasteiger partial charge in [0.05, 0.1) is 6.04 Å². The Labute approximate surface area is 124 Å². The van der Waals surface area contributed by atoms with Crippen LogP contribution in [0.4, 0.5) is 23.7 Å². The Kier molecular flexibility index (Phi) is 3.75. The minimum atomic E-state index is -4.32. The molecule has 2 aliphatic rings. The standard InChI is InChI=1S/C13H14F3N3OS/c14-13(15,16)21-11-3-1-2-9(6-11)19-8-10-7-17-4-5-18(10)12(19)20/h1-3,6,10,17H,4-5,7-8H2. The normalized spacial score (nSPS) is 22.6. The lowest BCUT2D eigenvalue weighted by Crippen LogP contribution is -2.49. The Morgan fingerprint density at radius 3 is 2.86 bits per heavy atom. The molecule has 0 aliphatic carbocycles. The van der Waals surface area contributed by atoms with Gasteiger partial charge in [-0.15, -0.1) is 0 Å². The van der Waals surface area contributed by atoms with Gasteiger partial charge in [-0.25, -0.2) is 4.79 Å². The number of urea groups is 1. The number of nitrogens with one attached hydrogen (secondary N) is 1. The highest BCUT2D eigenvalue weighted by Gasteiger charge is 2.39. The summed E-state index contributed by atoms with van der Waals surface area (Å²) in [6, 6.07) is 6.00. The van der Waals surface area contributed by atoms with Gasteiger partial charge in [0.1, 0.15) is 0 Å². The number of thioether (sulfide) groups is 1. The van der Waals surface area contributed by atoms with E-state index in [9.17, 15) is 18.0 Å². The van der Waals surface area contributed by atoms with Gasteiger partial charge in [0, 0.05) is 36.8 Å². The van der Waals surface area contributed by atoms with Crippen molar-refractivity contribution in [3.63, 3.8) is 0 Å². The summed E-state index contributed by atoms with van der Waals surface area (Å²) in [4.78, 5) is 15.8. The number of nitrogens with zero attached hydrogens (tertiary/aromatic N) is 2. The summed E-state index contributed by atoms with van der Waals surface area (Å²) in [7, 11) is 0.